The highest BCUT2D eigenvalue weighted by atomic mass is 16.3. The predicted molar refractivity (Wildman–Crippen MR) is 54.3 cm³/mol. The van der Waals surface area contributed by atoms with E-state index in [9.17, 15) is 0 Å². The fourth-order valence-electron chi connectivity index (χ4n) is 1.43. The minimum atomic E-state index is -0.177. The Hall–Kier alpha value is -1.16. The van der Waals surface area contributed by atoms with Gasteiger partial charge in [0.2, 0.25) is 0 Å². The predicted octanol–water partition coefficient (Wildman–Crippen LogP) is 0.806. The summed E-state index contributed by atoms with van der Waals surface area (Å²) < 4.78 is 0. The van der Waals surface area contributed by atoms with Crippen LogP contribution in [0.3, 0.4) is 0 Å². The molecule has 0 amide bonds. The number of aliphatic hydroxyl groups excluding tert-OH is 3. The summed E-state index contributed by atoms with van der Waals surface area (Å²) in [6.07, 6.45) is 1.64. The van der Waals surface area contributed by atoms with Crippen LogP contribution in [-0.4, -0.2) is 15.3 Å². The molecule has 0 heterocycles. The van der Waals surface area contributed by atoms with E-state index in [0.717, 1.165) is 5.56 Å². The van der Waals surface area contributed by atoms with Crippen molar-refractivity contribution in [3.8, 4) is 0 Å². The molecule has 0 aliphatic rings. The van der Waals surface area contributed by atoms with Gasteiger partial charge in [0, 0.05) is 0 Å². The largest absolute Gasteiger partial charge is 0.392 e. The zero-order valence-electron chi connectivity index (χ0n) is 7.90. The number of hydrogen-bond donors (Lipinski definition) is 3. The van der Waals surface area contributed by atoms with Gasteiger partial charge in [-0.25, -0.2) is 0 Å². The van der Waals surface area contributed by atoms with Gasteiger partial charge in [-0.05, 0) is 34.4 Å². The highest BCUT2D eigenvalue weighted by molar-refractivity contribution is 5.52. The Morgan fingerprint density at radius 3 is 1.79 bits per heavy atom. The first-order valence-corrected chi connectivity index (χ1v) is 4.36. The van der Waals surface area contributed by atoms with E-state index in [-0.39, 0.29) is 19.8 Å². The standard InChI is InChI=1S/C11H14O3/c1-2-8-3-9(5-12)11(7-14)10(4-8)6-13/h2-4,12-14H,1,5-7H2. The van der Waals surface area contributed by atoms with Gasteiger partial charge in [-0.3, -0.25) is 0 Å². The first-order valence-electron chi connectivity index (χ1n) is 4.36. The Morgan fingerprint density at radius 2 is 1.50 bits per heavy atom. The fraction of sp³-hybridized carbons (Fsp3) is 0.273. The summed E-state index contributed by atoms with van der Waals surface area (Å²) in [6.45, 7) is 3.14. The molecular weight excluding hydrogens is 180 g/mol. The lowest BCUT2D eigenvalue weighted by atomic mass is 9.98. The summed E-state index contributed by atoms with van der Waals surface area (Å²) in [5.41, 5.74) is 2.69. The van der Waals surface area contributed by atoms with Crippen molar-refractivity contribution in [2.45, 2.75) is 19.8 Å². The summed E-state index contributed by atoms with van der Waals surface area (Å²) >= 11 is 0. The van der Waals surface area contributed by atoms with Gasteiger partial charge in [0.25, 0.3) is 0 Å². The Kier molecular flexibility index (Phi) is 3.83. The summed E-state index contributed by atoms with van der Waals surface area (Å²) in [5, 5.41) is 27.2. The van der Waals surface area contributed by atoms with Gasteiger partial charge in [-0.1, -0.05) is 12.7 Å². The van der Waals surface area contributed by atoms with E-state index in [4.69, 9.17) is 15.3 Å². The maximum absolute atomic E-state index is 9.08. The summed E-state index contributed by atoms with van der Waals surface area (Å²) in [6, 6.07) is 3.50. The molecule has 0 aromatic heterocycles. The van der Waals surface area contributed by atoms with Crippen LogP contribution in [0.1, 0.15) is 22.3 Å². The molecule has 76 valence electrons. The molecule has 0 aliphatic carbocycles. The lowest BCUT2D eigenvalue weighted by Crippen LogP contribution is -2.01. The molecule has 3 N–H and O–H groups in total. The van der Waals surface area contributed by atoms with Crippen LogP contribution in [0.4, 0.5) is 0 Å². The van der Waals surface area contributed by atoms with E-state index in [1.54, 1.807) is 18.2 Å². The molecule has 0 atom stereocenters. The zero-order valence-corrected chi connectivity index (χ0v) is 7.90. The van der Waals surface area contributed by atoms with Crippen molar-refractivity contribution >= 4 is 6.08 Å². The Morgan fingerprint density at radius 1 is 1.00 bits per heavy atom. The first-order chi connectivity index (χ1) is 6.76. The van der Waals surface area contributed by atoms with Crippen molar-refractivity contribution in [3.05, 3.63) is 41.0 Å². The van der Waals surface area contributed by atoms with Gasteiger partial charge in [-0.15, -0.1) is 0 Å². The van der Waals surface area contributed by atoms with E-state index in [0.29, 0.717) is 16.7 Å². The molecule has 0 saturated carbocycles. The second kappa shape index (κ2) is 4.91. The van der Waals surface area contributed by atoms with Gasteiger partial charge in [0.05, 0.1) is 19.8 Å². The third-order valence-electron chi connectivity index (χ3n) is 2.19. The van der Waals surface area contributed by atoms with E-state index in [1.807, 2.05) is 0 Å². The van der Waals surface area contributed by atoms with Gasteiger partial charge in [0.15, 0.2) is 0 Å². The van der Waals surface area contributed by atoms with E-state index >= 15 is 0 Å². The number of rotatable bonds is 4. The molecule has 0 saturated heterocycles. The SMILES string of the molecule is C=Cc1cc(CO)c(CO)c(CO)c1. The lowest BCUT2D eigenvalue weighted by Gasteiger charge is -2.11. The van der Waals surface area contributed by atoms with E-state index in [1.165, 1.54) is 0 Å². The van der Waals surface area contributed by atoms with Crippen molar-refractivity contribution in [2.24, 2.45) is 0 Å². The highest BCUT2D eigenvalue weighted by Crippen LogP contribution is 2.19. The molecule has 0 bridgehead atoms. The van der Waals surface area contributed by atoms with E-state index < -0.39 is 0 Å². The Labute approximate surface area is 82.9 Å². The third-order valence-corrected chi connectivity index (χ3v) is 2.19. The molecule has 3 heteroatoms. The van der Waals surface area contributed by atoms with Gasteiger partial charge < -0.3 is 15.3 Å². The van der Waals surface area contributed by atoms with Crippen LogP contribution < -0.4 is 0 Å². The monoisotopic (exact) mass is 194 g/mol. The Balaban J connectivity index is 3.31. The topological polar surface area (TPSA) is 60.7 Å². The van der Waals surface area contributed by atoms with Crippen LogP contribution in [0.15, 0.2) is 18.7 Å². The van der Waals surface area contributed by atoms with Gasteiger partial charge in [0.1, 0.15) is 0 Å². The number of benzene rings is 1. The van der Waals surface area contributed by atoms with Crippen molar-refractivity contribution < 1.29 is 15.3 Å². The van der Waals surface area contributed by atoms with Crippen molar-refractivity contribution in [1.82, 2.24) is 0 Å². The number of hydrogen-bond acceptors (Lipinski definition) is 3. The molecular formula is C11H14O3. The second-order valence-electron chi connectivity index (χ2n) is 3.00. The minimum Gasteiger partial charge on any atom is -0.392 e. The maximum atomic E-state index is 9.08. The quantitative estimate of drug-likeness (QED) is 0.664. The fourth-order valence-corrected chi connectivity index (χ4v) is 1.43. The molecule has 3 nitrogen and oxygen atoms in total. The smallest absolute Gasteiger partial charge is 0.0688 e. The molecule has 14 heavy (non-hydrogen) atoms. The molecule has 0 fully saturated rings. The van der Waals surface area contributed by atoms with Crippen LogP contribution >= 0.6 is 0 Å². The summed E-state index contributed by atoms with van der Waals surface area (Å²) in [4.78, 5) is 0. The first kappa shape index (κ1) is 10.9. The van der Waals surface area contributed by atoms with Gasteiger partial charge >= 0.3 is 0 Å². The normalized spacial score (nSPS) is 10.2. The van der Waals surface area contributed by atoms with E-state index in [2.05, 4.69) is 6.58 Å². The van der Waals surface area contributed by atoms with Crippen LogP contribution in [0.25, 0.3) is 6.08 Å². The average molecular weight is 194 g/mol. The van der Waals surface area contributed by atoms with Gasteiger partial charge in [-0.2, -0.15) is 0 Å². The third kappa shape index (κ3) is 2.01. The van der Waals surface area contributed by atoms with Crippen LogP contribution in [0, 0.1) is 0 Å². The number of aliphatic hydroxyl groups is 3. The molecule has 0 unspecified atom stereocenters. The van der Waals surface area contributed by atoms with Crippen molar-refractivity contribution in [3.63, 3.8) is 0 Å². The van der Waals surface area contributed by atoms with Crippen LogP contribution in [0.2, 0.25) is 0 Å². The Bertz CT molecular complexity index is 306. The average Bonchev–Trinajstić information content (AvgIpc) is 2.26. The molecule has 1 aromatic rings. The van der Waals surface area contributed by atoms with Crippen LogP contribution in [-0.2, 0) is 19.8 Å². The lowest BCUT2D eigenvalue weighted by molar-refractivity contribution is 0.247. The molecule has 0 aliphatic heterocycles. The zero-order chi connectivity index (χ0) is 10.6. The minimum absolute atomic E-state index is 0.148. The molecule has 0 spiro atoms. The molecule has 1 aromatic carbocycles. The highest BCUT2D eigenvalue weighted by Gasteiger charge is 2.07. The molecule has 0 radical (unpaired) electrons. The summed E-state index contributed by atoms with van der Waals surface area (Å²) in [7, 11) is 0. The molecule has 1 rings (SSSR count). The summed E-state index contributed by atoms with van der Waals surface area (Å²) in [5.74, 6) is 0. The van der Waals surface area contributed by atoms with Crippen molar-refractivity contribution in [1.29, 1.82) is 0 Å². The maximum Gasteiger partial charge on any atom is 0.0688 e. The van der Waals surface area contributed by atoms with Crippen LogP contribution in [0.5, 0.6) is 0 Å². The van der Waals surface area contributed by atoms with Crippen molar-refractivity contribution in [2.75, 3.05) is 0 Å². The second-order valence-corrected chi connectivity index (χ2v) is 3.00.